The molecule has 1 aromatic heterocycles. The summed E-state index contributed by atoms with van der Waals surface area (Å²) in [4.78, 5) is 30.5. The second kappa shape index (κ2) is 6.49. The summed E-state index contributed by atoms with van der Waals surface area (Å²) in [6.07, 6.45) is 1.37. The molecule has 2 aromatic carbocycles. The van der Waals surface area contributed by atoms with Gasteiger partial charge in [-0.2, -0.15) is 0 Å². The summed E-state index contributed by atoms with van der Waals surface area (Å²) in [5.41, 5.74) is 1.37. The maximum atomic E-state index is 13.6. The fourth-order valence-electron chi connectivity index (χ4n) is 2.51. The molecule has 6 nitrogen and oxygen atoms in total. The normalized spacial score (nSPS) is 12.0. The van der Waals surface area contributed by atoms with Gasteiger partial charge in [0.25, 0.3) is 5.91 Å². The number of hydrogen-bond donors (Lipinski definition) is 3. The Balaban J connectivity index is 1.81. The number of imidazole rings is 1. The standard InChI is InChI=1S/C17H14FN3O3/c18-11-6-12(15-14(7-11)20-9-21-15)16(22)19-8-13(17(23)24)10-4-2-1-3-5-10/h1-7,9,13H,8H2,(H,19,22)(H,20,21)(H,23,24). The summed E-state index contributed by atoms with van der Waals surface area (Å²) in [6.45, 7) is -0.111. The van der Waals surface area contributed by atoms with E-state index in [4.69, 9.17) is 0 Å². The van der Waals surface area contributed by atoms with Crippen molar-refractivity contribution in [1.29, 1.82) is 0 Å². The fraction of sp³-hybridized carbons (Fsp3) is 0.118. The van der Waals surface area contributed by atoms with Crippen LogP contribution in [0.1, 0.15) is 21.8 Å². The Hall–Kier alpha value is -3.22. The van der Waals surface area contributed by atoms with Crippen molar-refractivity contribution in [2.75, 3.05) is 6.54 Å². The average molecular weight is 327 g/mol. The second-order valence-corrected chi connectivity index (χ2v) is 5.26. The first-order valence-electron chi connectivity index (χ1n) is 7.25. The lowest BCUT2D eigenvalue weighted by molar-refractivity contribution is -0.138. The van der Waals surface area contributed by atoms with E-state index >= 15 is 0 Å². The van der Waals surface area contributed by atoms with Crippen LogP contribution in [0.25, 0.3) is 11.0 Å². The second-order valence-electron chi connectivity index (χ2n) is 5.26. The van der Waals surface area contributed by atoms with Crippen LogP contribution in [0.5, 0.6) is 0 Å². The van der Waals surface area contributed by atoms with Gasteiger partial charge in [0, 0.05) is 6.54 Å². The van der Waals surface area contributed by atoms with E-state index in [1.54, 1.807) is 30.3 Å². The number of aliphatic carboxylic acids is 1. The molecule has 0 saturated carbocycles. The lowest BCUT2D eigenvalue weighted by Gasteiger charge is -2.14. The summed E-state index contributed by atoms with van der Waals surface area (Å²) in [7, 11) is 0. The van der Waals surface area contributed by atoms with Gasteiger partial charge in [0.15, 0.2) is 0 Å². The summed E-state index contributed by atoms with van der Waals surface area (Å²) in [6, 6.07) is 10.9. The van der Waals surface area contributed by atoms with E-state index in [0.29, 0.717) is 16.6 Å². The Morgan fingerprint density at radius 1 is 1.25 bits per heavy atom. The monoisotopic (exact) mass is 327 g/mol. The number of carboxylic acids is 1. The molecule has 3 aromatic rings. The molecule has 0 fully saturated rings. The van der Waals surface area contributed by atoms with Crippen LogP contribution in [0.2, 0.25) is 0 Å². The van der Waals surface area contributed by atoms with Gasteiger partial charge in [-0.3, -0.25) is 9.59 Å². The van der Waals surface area contributed by atoms with Crippen molar-refractivity contribution in [3.05, 3.63) is 65.7 Å². The van der Waals surface area contributed by atoms with Gasteiger partial charge in [-0.05, 0) is 17.7 Å². The molecule has 122 valence electrons. The van der Waals surface area contributed by atoms with Crippen LogP contribution >= 0.6 is 0 Å². The lowest BCUT2D eigenvalue weighted by atomic mass is 9.99. The number of fused-ring (bicyclic) bond motifs is 1. The van der Waals surface area contributed by atoms with Crippen molar-refractivity contribution >= 4 is 22.9 Å². The Morgan fingerprint density at radius 2 is 2.00 bits per heavy atom. The molecule has 0 spiro atoms. The highest BCUT2D eigenvalue weighted by Gasteiger charge is 2.22. The maximum Gasteiger partial charge on any atom is 0.312 e. The van der Waals surface area contributed by atoms with Crippen molar-refractivity contribution < 1.29 is 19.1 Å². The summed E-state index contributed by atoms with van der Waals surface area (Å²) >= 11 is 0. The third-order valence-corrected chi connectivity index (χ3v) is 3.70. The van der Waals surface area contributed by atoms with Crippen LogP contribution in [0, 0.1) is 5.82 Å². The van der Waals surface area contributed by atoms with Gasteiger partial charge in [0.2, 0.25) is 0 Å². The van der Waals surface area contributed by atoms with Gasteiger partial charge in [-0.15, -0.1) is 0 Å². The predicted molar refractivity (Wildman–Crippen MR) is 85.2 cm³/mol. The van der Waals surface area contributed by atoms with E-state index in [-0.39, 0.29) is 12.1 Å². The minimum atomic E-state index is -1.05. The van der Waals surface area contributed by atoms with Crippen molar-refractivity contribution in [1.82, 2.24) is 15.3 Å². The van der Waals surface area contributed by atoms with Crippen LogP contribution in [-0.4, -0.2) is 33.5 Å². The number of H-pyrrole nitrogens is 1. The number of nitrogens with zero attached hydrogens (tertiary/aromatic N) is 1. The zero-order valence-corrected chi connectivity index (χ0v) is 12.5. The maximum absolute atomic E-state index is 13.6. The van der Waals surface area contributed by atoms with Gasteiger partial charge in [0.1, 0.15) is 11.3 Å². The molecule has 1 amide bonds. The highest BCUT2D eigenvalue weighted by atomic mass is 19.1. The molecule has 3 rings (SSSR count). The van der Waals surface area contributed by atoms with Crippen LogP contribution in [-0.2, 0) is 4.79 Å². The third kappa shape index (κ3) is 3.10. The minimum absolute atomic E-state index is 0.0588. The van der Waals surface area contributed by atoms with E-state index in [1.165, 1.54) is 12.4 Å². The average Bonchev–Trinajstić information content (AvgIpc) is 3.03. The Labute approximate surface area is 136 Å². The summed E-state index contributed by atoms with van der Waals surface area (Å²) in [5.74, 6) is -3.09. The van der Waals surface area contributed by atoms with Crippen molar-refractivity contribution in [3.63, 3.8) is 0 Å². The summed E-state index contributed by atoms with van der Waals surface area (Å²) < 4.78 is 13.6. The van der Waals surface area contributed by atoms with Gasteiger partial charge in [0.05, 0.1) is 23.3 Å². The SMILES string of the molecule is O=C(NCC(C(=O)O)c1ccccc1)c1cc(F)cc2[nH]cnc12. The van der Waals surface area contributed by atoms with Crippen LogP contribution in [0.15, 0.2) is 48.8 Å². The largest absolute Gasteiger partial charge is 0.481 e. The number of halogens is 1. The van der Waals surface area contributed by atoms with Gasteiger partial charge >= 0.3 is 5.97 Å². The Morgan fingerprint density at radius 3 is 2.71 bits per heavy atom. The van der Waals surface area contributed by atoms with Crippen LogP contribution in [0.4, 0.5) is 4.39 Å². The van der Waals surface area contributed by atoms with E-state index in [9.17, 15) is 19.1 Å². The zero-order valence-electron chi connectivity index (χ0n) is 12.5. The molecule has 0 bridgehead atoms. The van der Waals surface area contributed by atoms with Crippen molar-refractivity contribution in [2.45, 2.75) is 5.92 Å². The van der Waals surface area contributed by atoms with E-state index in [0.717, 1.165) is 6.07 Å². The first-order chi connectivity index (χ1) is 11.6. The molecule has 24 heavy (non-hydrogen) atoms. The van der Waals surface area contributed by atoms with E-state index in [1.807, 2.05) is 0 Å². The molecule has 1 atom stereocenters. The number of rotatable bonds is 5. The Bertz CT molecular complexity index is 892. The zero-order chi connectivity index (χ0) is 17.1. The molecule has 3 N–H and O–H groups in total. The molecule has 7 heteroatoms. The van der Waals surface area contributed by atoms with E-state index < -0.39 is 23.6 Å². The number of nitrogens with one attached hydrogen (secondary N) is 2. The highest BCUT2D eigenvalue weighted by Crippen LogP contribution is 2.18. The predicted octanol–water partition coefficient (Wildman–Crippen LogP) is 2.30. The summed E-state index contributed by atoms with van der Waals surface area (Å²) in [5, 5.41) is 11.9. The topological polar surface area (TPSA) is 95.1 Å². The molecule has 0 aliphatic heterocycles. The number of carbonyl (C=O) groups is 2. The first-order valence-corrected chi connectivity index (χ1v) is 7.25. The number of aromatic nitrogens is 2. The molecule has 1 unspecified atom stereocenters. The smallest absolute Gasteiger partial charge is 0.312 e. The number of carbonyl (C=O) groups excluding carboxylic acids is 1. The number of aromatic amines is 1. The van der Waals surface area contributed by atoms with Crippen LogP contribution < -0.4 is 5.32 Å². The molecule has 0 radical (unpaired) electrons. The van der Waals surface area contributed by atoms with Gasteiger partial charge in [-0.1, -0.05) is 30.3 Å². The van der Waals surface area contributed by atoms with Crippen LogP contribution in [0.3, 0.4) is 0 Å². The highest BCUT2D eigenvalue weighted by molar-refractivity contribution is 6.05. The molecule has 0 saturated heterocycles. The third-order valence-electron chi connectivity index (χ3n) is 3.70. The number of hydrogen-bond acceptors (Lipinski definition) is 3. The molecule has 0 aliphatic rings. The van der Waals surface area contributed by atoms with Crippen molar-refractivity contribution in [2.24, 2.45) is 0 Å². The molecule has 1 heterocycles. The minimum Gasteiger partial charge on any atom is -0.481 e. The molecular formula is C17H14FN3O3. The number of amides is 1. The first kappa shape index (κ1) is 15.7. The van der Waals surface area contributed by atoms with Crippen molar-refractivity contribution in [3.8, 4) is 0 Å². The van der Waals surface area contributed by atoms with Gasteiger partial charge in [-0.25, -0.2) is 9.37 Å². The molecular weight excluding hydrogens is 313 g/mol. The number of benzene rings is 2. The quantitative estimate of drug-likeness (QED) is 0.670. The Kier molecular flexibility index (Phi) is 4.24. The lowest BCUT2D eigenvalue weighted by Crippen LogP contribution is -2.32. The fourth-order valence-corrected chi connectivity index (χ4v) is 2.51. The van der Waals surface area contributed by atoms with E-state index in [2.05, 4.69) is 15.3 Å². The molecule has 0 aliphatic carbocycles. The van der Waals surface area contributed by atoms with Gasteiger partial charge < -0.3 is 15.4 Å². The number of carboxylic acid groups (broad SMARTS) is 1.